The normalized spacial score (nSPS) is 10.8. The Morgan fingerprint density at radius 3 is 1.50 bits per heavy atom. The van der Waals surface area contributed by atoms with Crippen molar-refractivity contribution in [2.45, 2.75) is 83.8 Å². The molecule has 0 unspecified atom stereocenters. The number of hydrogen-bond acceptors (Lipinski definition) is 2. The highest BCUT2D eigenvalue weighted by Crippen LogP contribution is 2.19. The minimum absolute atomic E-state index is 0.359. The number of carboxylic acid groups (broad SMARTS) is 1. The molecule has 0 saturated carbocycles. The summed E-state index contributed by atoms with van der Waals surface area (Å²) < 4.78 is 0. The molecule has 0 fully saturated rings. The van der Waals surface area contributed by atoms with Gasteiger partial charge in [0, 0.05) is 13.5 Å². The van der Waals surface area contributed by atoms with Crippen molar-refractivity contribution in [3.63, 3.8) is 0 Å². The van der Waals surface area contributed by atoms with E-state index in [1.807, 2.05) is 0 Å². The average Bonchev–Trinajstić information content (AvgIpc) is 2.29. The van der Waals surface area contributed by atoms with Gasteiger partial charge in [0.05, 0.1) is 0 Å². The second-order valence-electron chi connectivity index (χ2n) is 5.89. The predicted molar refractivity (Wildman–Crippen MR) is 90.1 cm³/mol. The van der Waals surface area contributed by atoms with E-state index in [0.717, 1.165) is 13.3 Å². The summed E-state index contributed by atoms with van der Waals surface area (Å²) in [6, 6.07) is 1.27. The van der Waals surface area contributed by atoms with Gasteiger partial charge in [-0.15, -0.1) is 0 Å². The van der Waals surface area contributed by atoms with Crippen LogP contribution in [0.4, 0.5) is 0 Å². The van der Waals surface area contributed by atoms with Crippen LogP contribution in [0.15, 0.2) is 0 Å². The van der Waals surface area contributed by atoms with Gasteiger partial charge in [0.2, 0.25) is 0 Å². The van der Waals surface area contributed by atoms with Crippen molar-refractivity contribution in [3.05, 3.63) is 0 Å². The van der Waals surface area contributed by atoms with Gasteiger partial charge in [-0.3, -0.25) is 4.79 Å². The van der Waals surface area contributed by atoms with E-state index < -0.39 is 13.4 Å². The van der Waals surface area contributed by atoms with Crippen LogP contribution in [0.5, 0.6) is 0 Å². The molecule has 0 aliphatic heterocycles. The molecule has 3 nitrogen and oxygen atoms in total. The third-order valence-corrected chi connectivity index (χ3v) is 5.04. The van der Waals surface area contributed by atoms with Crippen molar-refractivity contribution < 1.29 is 15.0 Å². The number of hydrogen-bond donors (Lipinski definition) is 2. The van der Waals surface area contributed by atoms with Gasteiger partial charge in [-0.05, 0) is 12.5 Å². The van der Waals surface area contributed by atoms with Gasteiger partial charge in [0.1, 0.15) is 7.38 Å². The molecule has 0 aliphatic rings. The van der Waals surface area contributed by atoms with Crippen LogP contribution in [0.3, 0.4) is 0 Å². The number of aliphatic carboxylic acids is 1. The number of aliphatic hydroxyl groups excluding tert-OH is 1. The van der Waals surface area contributed by atoms with Gasteiger partial charge in [-0.25, -0.2) is 0 Å². The maximum Gasteiger partial charge on any atom is 0.300 e. The fourth-order valence-electron chi connectivity index (χ4n) is 1.89. The van der Waals surface area contributed by atoms with Crippen LogP contribution in [-0.4, -0.2) is 30.2 Å². The molecular weight excluding hydrogens is 292 g/mol. The van der Waals surface area contributed by atoms with Crippen LogP contribution in [-0.2, 0) is 4.79 Å². The quantitative estimate of drug-likeness (QED) is 0.318. The summed E-state index contributed by atoms with van der Waals surface area (Å²) >= 11 is 6.26. The van der Waals surface area contributed by atoms with Crippen LogP contribution in [0.1, 0.15) is 64.7 Å². The lowest BCUT2D eigenvalue weighted by molar-refractivity contribution is -0.134. The van der Waals surface area contributed by atoms with Gasteiger partial charge in [-0.2, -0.15) is 11.1 Å². The van der Waals surface area contributed by atoms with Gasteiger partial charge in [0.15, 0.2) is 0 Å². The van der Waals surface area contributed by atoms with Crippen LogP contribution < -0.4 is 0 Å². The highest BCUT2D eigenvalue weighted by molar-refractivity contribution is 7.19. The topological polar surface area (TPSA) is 57.5 Å². The fourth-order valence-corrected chi connectivity index (χ4v) is 3.39. The summed E-state index contributed by atoms with van der Waals surface area (Å²) in [4.78, 5) is 9.00. The molecule has 5 heteroatoms. The zero-order valence-electron chi connectivity index (χ0n) is 13.5. The number of rotatable bonds is 11. The zero-order valence-corrected chi connectivity index (χ0v) is 15.2. The smallest absolute Gasteiger partial charge is 0.300 e. The number of carbonyl (C=O) groups is 1. The molecule has 0 aliphatic carbocycles. The summed E-state index contributed by atoms with van der Waals surface area (Å²) in [6.07, 6.45) is 11.6. The molecule has 0 aromatic rings. The van der Waals surface area contributed by atoms with Gasteiger partial charge >= 0.3 is 0 Å². The highest BCUT2D eigenvalue weighted by atomic mass is 35.6. The van der Waals surface area contributed by atoms with E-state index in [2.05, 4.69) is 13.1 Å². The Balaban J connectivity index is 0. The SMILES string of the molecule is CC(=O)O.C[Si](C)(Cl)CCCCCCCCCCCO. The first kappa shape index (κ1) is 22.2. The molecule has 0 atom stereocenters. The van der Waals surface area contributed by atoms with Crippen LogP contribution in [0.25, 0.3) is 0 Å². The molecule has 0 rings (SSSR count). The van der Waals surface area contributed by atoms with E-state index in [0.29, 0.717) is 6.61 Å². The maximum absolute atomic E-state index is 9.00. The minimum atomic E-state index is -1.30. The Kier molecular flexibility index (Phi) is 17.0. The number of halogens is 1. The first-order chi connectivity index (χ1) is 9.29. The fraction of sp³-hybridized carbons (Fsp3) is 0.933. The molecule has 0 heterocycles. The van der Waals surface area contributed by atoms with E-state index in [9.17, 15) is 0 Å². The molecule has 122 valence electrons. The Morgan fingerprint density at radius 1 is 0.900 bits per heavy atom. The molecule has 0 bridgehead atoms. The Labute approximate surface area is 130 Å². The minimum Gasteiger partial charge on any atom is -0.481 e. The zero-order chi connectivity index (χ0) is 15.9. The largest absolute Gasteiger partial charge is 0.481 e. The molecule has 2 N–H and O–H groups in total. The lowest BCUT2D eigenvalue weighted by Gasteiger charge is -2.11. The predicted octanol–water partition coefficient (Wildman–Crippen LogP) is 5.02. The van der Waals surface area contributed by atoms with Crippen molar-refractivity contribution in [2.24, 2.45) is 0 Å². The van der Waals surface area contributed by atoms with Crippen molar-refractivity contribution in [1.29, 1.82) is 0 Å². The van der Waals surface area contributed by atoms with Crippen molar-refractivity contribution in [1.82, 2.24) is 0 Å². The molecule has 0 aromatic carbocycles. The van der Waals surface area contributed by atoms with Gasteiger partial charge in [0.25, 0.3) is 5.97 Å². The van der Waals surface area contributed by atoms with Crippen molar-refractivity contribution in [3.8, 4) is 0 Å². The van der Waals surface area contributed by atoms with E-state index in [-0.39, 0.29) is 0 Å². The summed E-state index contributed by atoms with van der Waals surface area (Å²) in [5.74, 6) is -0.833. The molecule has 0 radical (unpaired) electrons. The lowest BCUT2D eigenvalue weighted by atomic mass is 10.1. The van der Waals surface area contributed by atoms with Crippen molar-refractivity contribution in [2.75, 3.05) is 6.61 Å². The number of carboxylic acids is 1. The third kappa shape index (κ3) is 30.7. The first-order valence-corrected chi connectivity index (χ1v) is 12.0. The van der Waals surface area contributed by atoms with Crippen molar-refractivity contribution >= 4 is 24.4 Å². The third-order valence-electron chi connectivity index (χ3n) is 2.93. The summed E-state index contributed by atoms with van der Waals surface area (Å²) in [7, 11) is -1.30. The molecule has 20 heavy (non-hydrogen) atoms. The maximum atomic E-state index is 9.00. The lowest BCUT2D eigenvalue weighted by Crippen LogP contribution is -2.14. The molecule has 0 spiro atoms. The van der Waals surface area contributed by atoms with E-state index in [4.69, 9.17) is 26.1 Å². The summed E-state index contributed by atoms with van der Waals surface area (Å²) in [5, 5.41) is 16.0. The summed E-state index contributed by atoms with van der Waals surface area (Å²) in [6.45, 7) is 5.91. The second-order valence-corrected chi connectivity index (χ2v) is 12.9. The van der Waals surface area contributed by atoms with Crippen LogP contribution in [0.2, 0.25) is 19.1 Å². The van der Waals surface area contributed by atoms with E-state index >= 15 is 0 Å². The molecular formula is C15H33ClO3Si. The number of unbranched alkanes of at least 4 members (excludes halogenated alkanes) is 8. The van der Waals surface area contributed by atoms with E-state index in [1.165, 1.54) is 57.4 Å². The Hall–Kier alpha value is -0.0631. The standard InChI is InChI=1S/C13H29ClOSi.C2H4O2/c1-16(2,14)13-11-9-7-5-3-4-6-8-10-12-15;1-2(3)4/h15H,3-13H2,1-2H3;1H3,(H,3,4). The molecule has 0 saturated heterocycles. The van der Waals surface area contributed by atoms with Crippen LogP contribution >= 0.6 is 11.1 Å². The monoisotopic (exact) mass is 324 g/mol. The Morgan fingerprint density at radius 2 is 1.20 bits per heavy atom. The first-order valence-electron chi connectivity index (χ1n) is 7.79. The van der Waals surface area contributed by atoms with Gasteiger partial charge < -0.3 is 10.2 Å². The number of aliphatic hydroxyl groups is 1. The van der Waals surface area contributed by atoms with Gasteiger partial charge in [-0.1, -0.05) is 64.5 Å². The Bertz CT molecular complexity index is 214. The average molecular weight is 325 g/mol. The van der Waals surface area contributed by atoms with E-state index in [1.54, 1.807) is 0 Å². The molecule has 0 amide bonds. The second kappa shape index (κ2) is 15.3. The van der Waals surface area contributed by atoms with Crippen LogP contribution in [0, 0.1) is 0 Å². The highest BCUT2D eigenvalue weighted by Gasteiger charge is 2.15. The summed E-state index contributed by atoms with van der Waals surface area (Å²) in [5.41, 5.74) is 0. The molecule has 0 aromatic heterocycles.